The molecule has 8 nitrogen and oxygen atoms in total. The van der Waals surface area contributed by atoms with E-state index in [0.717, 1.165) is 0 Å². The molecule has 0 aliphatic heterocycles. The van der Waals surface area contributed by atoms with Gasteiger partial charge in [0.25, 0.3) is 0 Å². The molecule has 0 spiro atoms. The molecular formula is KNaO8S2Zn. The maximum Gasteiger partial charge on any atom is 2.00 e. The van der Waals surface area contributed by atoms with Crippen LogP contribution in [0.2, 0.25) is 0 Å². The van der Waals surface area contributed by atoms with E-state index >= 15 is 0 Å². The Morgan fingerprint density at radius 1 is 0.692 bits per heavy atom. The van der Waals surface area contributed by atoms with Gasteiger partial charge in [0.15, 0.2) is 0 Å². The van der Waals surface area contributed by atoms with Crippen LogP contribution in [0.4, 0.5) is 0 Å². The van der Waals surface area contributed by atoms with Crippen molar-refractivity contribution in [2.75, 3.05) is 0 Å². The van der Waals surface area contributed by atoms with Gasteiger partial charge >= 0.3 is 100 Å². The van der Waals surface area contributed by atoms with Crippen molar-refractivity contribution < 1.29 is 135 Å². The van der Waals surface area contributed by atoms with Gasteiger partial charge in [-0.05, 0) is 0 Å². The van der Waals surface area contributed by atoms with Gasteiger partial charge in [-0.1, -0.05) is 0 Å². The third-order valence-corrected chi connectivity index (χ3v) is 0. The first-order valence-electron chi connectivity index (χ1n) is 1.33. The zero-order valence-electron chi connectivity index (χ0n) is 6.79. The van der Waals surface area contributed by atoms with Gasteiger partial charge < -0.3 is 18.2 Å². The number of hydrogen-bond acceptors (Lipinski definition) is 8. The van der Waals surface area contributed by atoms with Crippen LogP contribution in [0.1, 0.15) is 0 Å². The first kappa shape index (κ1) is 29.8. The summed E-state index contributed by atoms with van der Waals surface area (Å²) >= 11 is 0. The van der Waals surface area contributed by atoms with Crippen molar-refractivity contribution in [1.82, 2.24) is 0 Å². The fraction of sp³-hybridized carbons (Fsp3) is 0. The molecule has 0 radical (unpaired) electrons. The molecule has 0 heterocycles. The number of rotatable bonds is 0. The Labute approximate surface area is 153 Å². The minimum absolute atomic E-state index is 0. The minimum atomic E-state index is -5.17. The smallest absolute Gasteiger partial charge is 0.759 e. The van der Waals surface area contributed by atoms with E-state index in [9.17, 15) is 0 Å². The Hall–Kier alpha value is 3.00. The molecule has 0 atom stereocenters. The quantitative estimate of drug-likeness (QED) is 0.241. The molecule has 0 saturated heterocycles. The molecule has 0 amide bonds. The van der Waals surface area contributed by atoms with Crippen LogP contribution in [0.5, 0.6) is 0 Å². The van der Waals surface area contributed by atoms with Crippen molar-refractivity contribution >= 4 is 20.8 Å². The Morgan fingerprint density at radius 2 is 0.692 bits per heavy atom. The first-order chi connectivity index (χ1) is 4.00. The summed E-state index contributed by atoms with van der Waals surface area (Å²) in [4.78, 5) is 0. The molecule has 64 valence electrons. The molecule has 0 bridgehead atoms. The minimum Gasteiger partial charge on any atom is -0.759 e. The van der Waals surface area contributed by atoms with E-state index in [1.807, 2.05) is 0 Å². The Kier molecular flexibility index (Phi) is 29.9. The third-order valence-electron chi connectivity index (χ3n) is 0. The monoisotopic (exact) mass is 318 g/mol. The van der Waals surface area contributed by atoms with Crippen molar-refractivity contribution in [2.45, 2.75) is 0 Å². The molecule has 0 rings (SSSR count). The molecule has 13 heteroatoms. The second-order valence-corrected chi connectivity index (χ2v) is 2.45. The normalized spacial score (nSPS) is 8.92. The van der Waals surface area contributed by atoms with Gasteiger partial charge in [-0.15, -0.1) is 0 Å². The van der Waals surface area contributed by atoms with Crippen LogP contribution < -0.4 is 80.9 Å². The van der Waals surface area contributed by atoms with Gasteiger partial charge in [-0.25, -0.2) is 0 Å². The van der Waals surface area contributed by atoms with Gasteiger partial charge in [-0.3, -0.25) is 16.8 Å². The van der Waals surface area contributed by atoms with Crippen LogP contribution in [-0.2, 0) is 40.3 Å². The summed E-state index contributed by atoms with van der Waals surface area (Å²) in [5.74, 6) is 0. The van der Waals surface area contributed by atoms with Crippen LogP contribution in [0.15, 0.2) is 0 Å². The molecule has 0 aliphatic carbocycles. The molecule has 13 heavy (non-hydrogen) atoms. The summed E-state index contributed by atoms with van der Waals surface area (Å²) in [6.45, 7) is 0. The zero-order valence-corrected chi connectivity index (χ0v) is 16.5. The fourth-order valence-electron chi connectivity index (χ4n) is 0. The van der Waals surface area contributed by atoms with Gasteiger partial charge in [0.1, 0.15) is 0 Å². The molecule has 0 N–H and O–H groups in total. The van der Waals surface area contributed by atoms with E-state index in [0.29, 0.717) is 0 Å². The van der Waals surface area contributed by atoms with Gasteiger partial charge in [0, 0.05) is 20.8 Å². The Bertz CT molecular complexity index is 219. The summed E-state index contributed by atoms with van der Waals surface area (Å²) in [6, 6.07) is 0. The van der Waals surface area contributed by atoms with Crippen molar-refractivity contribution in [1.29, 1.82) is 0 Å². The first-order valence-corrected chi connectivity index (χ1v) is 4.00. The zero-order chi connectivity index (χ0) is 9.00. The van der Waals surface area contributed by atoms with Crippen molar-refractivity contribution in [2.24, 2.45) is 0 Å². The van der Waals surface area contributed by atoms with E-state index < -0.39 is 20.8 Å². The third kappa shape index (κ3) is 282. The second-order valence-electron chi connectivity index (χ2n) is 0.816. The van der Waals surface area contributed by atoms with Crippen molar-refractivity contribution in [3.8, 4) is 0 Å². The summed E-state index contributed by atoms with van der Waals surface area (Å²) < 4.78 is 68.2. The van der Waals surface area contributed by atoms with Gasteiger partial charge in [0.2, 0.25) is 0 Å². The van der Waals surface area contributed by atoms with E-state index in [-0.39, 0.29) is 100 Å². The standard InChI is InChI=1S/K.Na.2H2O4S.Zn/c;;2*1-5(2,3)4;/h;;2*(H2,1,2,3,4);/q2*+1;;;+2/p-4. The van der Waals surface area contributed by atoms with Crippen LogP contribution in [0.3, 0.4) is 0 Å². The maximum absolute atomic E-state index is 8.52. The van der Waals surface area contributed by atoms with E-state index in [1.165, 1.54) is 0 Å². The van der Waals surface area contributed by atoms with Crippen LogP contribution in [-0.4, -0.2) is 35.0 Å². The van der Waals surface area contributed by atoms with Crippen LogP contribution >= 0.6 is 0 Å². The Balaban J connectivity index is -0.0000000267. The predicted octanol–water partition coefficient (Wildman–Crippen LogP) is -8.67. The SMILES string of the molecule is O=S(=O)([O-])[O-].O=S(=O)([O-])[O-].[K+].[Na+].[Zn+2]. The molecule has 0 aromatic heterocycles. The molecular weight excluding hydrogens is 320 g/mol. The van der Waals surface area contributed by atoms with Crippen molar-refractivity contribution in [3.05, 3.63) is 0 Å². The molecule has 0 aliphatic rings. The van der Waals surface area contributed by atoms with Crippen LogP contribution in [0, 0.1) is 0 Å². The van der Waals surface area contributed by atoms with Gasteiger partial charge in [0.05, 0.1) is 0 Å². The molecule has 0 aromatic carbocycles. The molecule has 0 aromatic rings. The second kappa shape index (κ2) is 13.1. The average Bonchev–Trinajstić information content (AvgIpc) is 1.12. The predicted molar refractivity (Wildman–Crippen MR) is 20.9 cm³/mol. The average molecular weight is 320 g/mol. The summed E-state index contributed by atoms with van der Waals surface area (Å²) in [7, 11) is -10.3. The summed E-state index contributed by atoms with van der Waals surface area (Å²) in [5, 5.41) is 0. The molecule has 0 fully saturated rings. The summed E-state index contributed by atoms with van der Waals surface area (Å²) in [6.07, 6.45) is 0. The van der Waals surface area contributed by atoms with E-state index in [1.54, 1.807) is 0 Å². The van der Waals surface area contributed by atoms with Gasteiger partial charge in [-0.2, -0.15) is 0 Å². The maximum atomic E-state index is 8.52. The van der Waals surface area contributed by atoms with E-state index in [2.05, 4.69) is 0 Å². The largest absolute Gasteiger partial charge is 2.00 e. The topological polar surface area (TPSA) is 161 Å². The molecule has 0 unspecified atom stereocenters. The van der Waals surface area contributed by atoms with Crippen molar-refractivity contribution in [3.63, 3.8) is 0 Å². The van der Waals surface area contributed by atoms with E-state index in [4.69, 9.17) is 35.0 Å². The fourth-order valence-corrected chi connectivity index (χ4v) is 0. The number of hydrogen-bond donors (Lipinski definition) is 0. The molecule has 0 saturated carbocycles. The summed E-state index contributed by atoms with van der Waals surface area (Å²) in [5.41, 5.74) is 0. The van der Waals surface area contributed by atoms with Crippen LogP contribution in [0.25, 0.3) is 0 Å². The Morgan fingerprint density at radius 3 is 0.692 bits per heavy atom.